The maximum atomic E-state index is 12.3. The van der Waals surface area contributed by atoms with Crippen molar-refractivity contribution in [1.82, 2.24) is 5.32 Å². The van der Waals surface area contributed by atoms with Crippen LogP contribution in [0.15, 0.2) is 0 Å². The van der Waals surface area contributed by atoms with Gasteiger partial charge in [0.2, 0.25) is 5.91 Å². The Morgan fingerprint density at radius 1 is 1.35 bits per heavy atom. The van der Waals surface area contributed by atoms with Crippen LogP contribution in [0.25, 0.3) is 0 Å². The van der Waals surface area contributed by atoms with E-state index < -0.39 is 5.54 Å². The van der Waals surface area contributed by atoms with Gasteiger partial charge in [-0.15, -0.1) is 0 Å². The quantitative estimate of drug-likeness (QED) is 0.759. The zero-order chi connectivity index (χ0) is 13.6. The largest absolute Gasteiger partial charge is 0.391 e. The number of hydrogen-bond donors (Lipinski definition) is 2. The van der Waals surface area contributed by atoms with Crippen molar-refractivity contribution >= 4 is 23.1 Å². The molecule has 3 nitrogen and oxygen atoms in total. The van der Waals surface area contributed by atoms with Crippen LogP contribution in [0.4, 0.5) is 0 Å². The van der Waals surface area contributed by atoms with E-state index in [1.165, 1.54) is 0 Å². The number of nitrogens with two attached hydrogens (primary N) is 1. The second-order valence-electron chi connectivity index (χ2n) is 6.42. The Bertz CT molecular complexity index is 348. The molecule has 0 aromatic rings. The third-order valence-corrected chi connectivity index (χ3v) is 5.38. The summed E-state index contributed by atoms with van der Waals surface area (Å²) < 4.78 is 0. The first-order valence-electron chi connectivity index (χ1n) is 6.12. The maximum Gasteiger partial charge on any atom is 0.224 e. The molecule has 17 heavy (non-hydrogen) atoms. The van der Waals surface area contributed by atoms with Crippen LogP contribution in [0.2, 0.25) is 0 Å². The predicted octanol–water partition coefficient (Wildman–Crippen LogP) is 2.24. The number of nitrogens with one attached hydrogen (secondary N) is 1. The van der Waals surface area contributed by atoms with Crippen molar-refractivity contribution in [2.45, 2.75) is 53.5 Å². The second kappa shape index (κ2) is 3.94. The lowest BCUT2D eigenvalue weighted by atomic mass is 9.98. The Kier molecular flexibility index (Phi) is 3.34. The van der Waals surface area contributed by atoms with Crippen LogP contribution in [0.3, 0.4) is 0 Å². The second-order valence-corrected chi connectivity index (χ2v) is 6.86. The van der Waals surface area contributed by atoms with E-state index in [4.69, 9.17) is 18.0 Å². The molecule has 0 spiro atoms. The van der Waals surface area contributed by atoms with E-state index in [9.17, 15) is 4.79 Å². The van der Waals surface area contributed by atoms with E-state index in [-0.39, 0.29) is 22.7 Å². The first-order chi connectivity index (χ1) is 7.50. The van der Waals surface area contributed by atoms with Crippen molar-refractivity contribution in [3.05, 3.63) is 0 Å². The Labute approximate surface area is 110 Å². The topological polar surface area (TPSA) is 55.1 Å². The predicted molar refractivity (Wildman–Crippen MR) is 74.7 cm³/mol. The smallest absolute Gasteiger partial charge is 0.224 e. The molecule has 0 saturated heterocycles. The molecule has 4 heteroatoms. The minimum atomic E-state index is -0.568. The van der Waals surface area contributed by atoms with E-state index in [0.29, 0.717) is 11.4 Å². The highest BCUT2D eigenvalue weighted by Gasteiger charge is 2.68. The summed E-state index contributed by atoms with van der Waals surface area (Å²) in [4.78, 5) is 12.6. The highest BCUT2D eigenvalue weighted by molar-refractivity contribution is 7.80. The molecule has 0 heterocycles. The average Bonchev–Trinajstić information content (AvgIpc) is 2.56. The van der Waals surface area contributed by atoms with Gasteiger partial charge < -0.3 is 11.1 Å². The molecule has 1 unspecified atom stereocenters. The van der Waals surface area contributed by atoms with Crippen molar-refractivity contribution in [1.29, 1.82) is 0 Å². The zero-order valence-electron chi connectivity index (χ0n) is 11.7. The summed E-state index contributed by atoms with van der Waals surface area (Å²) >= 11 is 5.03. The van der Waals surface area contributed by atoms with Crippen LogP contribution in [-0.2, 0) is 4.79 Å². The fourth-order valence-corrected chi connectivity index (χ4v) is 2.72. The lowest BCUT2D eigenvalue weighted by Crippen LogP contribution is -2.54. The lowest BCUT2D eigenvalue weighted by Gasteiger charge is -2.28. The average molecular weight is 256 g/mol. The number of rotatable bonds is 4. The number of amides is 1. The number of carbonyl (C=O) groups excluding carboxylic acids is 1. The molecule has 1 saturated carbocycles. The normalized spacial score (nSPS) is 24.8. The summed E-state index contributed by atoms with van der Waals surface area (Å²) in [6, 6.07) is 0. The van der Waals surface area contributed by atoms with Gasteiger partial charge in [-0.05, 0) is 24.2 Å². The molecule has 3 N–H and O–H groups in total. The van der Waals surface area contributed by atoms with Crippen LogP contribution >= 0.6 is 12.2 Å². The highest BCUT2D eigenvalue weighted by atomic mass is 32.1. The molecule has 0 aromatic carbocycles. The van der Waals surface area contributed by atoms with Gasteiger partial charge in [-0.1, -0.05) is 46.8 Å². The van der Waals surface area contributed by atoms with Crippen LogP contribution < -0.4 is 11.1 Å². The fraction of sp³-hybridized carbons (Fsp3) is 0.846. The molecule has 1 atom stereocenters. The van der Waals surface area contributed by atoms with Crippen LogP contribution in [0, 0.1) is 16.7 Å². The zero-order valence-corrected chi connectivity index (χ0v) is 12.5. The third-order valence-electron chi connectivity index (χ3n) is 4.93. The van der Waals surface area contributed by atoms with Gasteiger partial charge >= 0.3 is 0 Å². The van der Waals surface area contributed by atoms with Crippen LogP contribution in [0.5, 0.6) is 0 Å². The van der Waals surface area contributed by atoms with Gasteiger partial charge in [0.25, 0.3) is 0 Å². The number of hydrogen-bond acceptors (Lipinski definition) is 2. The first-order valence-corrected chi connectivity index (χ1v) is 6.53. The third kappa shape index (κ3) is 2.07. The summed E-state index contributed by atoms with van der Waals surface area (Å²) in [5, 5.41) is 3.01. The molecule has 0 aromatic heterocycles. The van der Waals surface area contributed by atoms with E-state index in [1.807, 2.05) is 13.8 Å². The summed E-state index contributed by atoms with van der Waals surface area (Å²) in [5.41, 5.74) is 5.22. The van der Waals surface area contributed by atoms with Crippen molar-refractivity contribution < 1.29 is 4.79 Å². The van der Waals surface area contributed by atoms with E-state index in [2.05, 4.69) is 33.0 Å². The van der Waals surface area contributed by atoms with Crippen molar-refractivity contribution in [3.63, 3.8) is 0 Å². The van der Waals surface area contributed by atoms with Crippen LogP contribution in [-0.4, -0.2) is 16.4 Å². The molecule has 1 amide bonds. The van der Waals surface area contributed by atoms with Gasteiger partial charge in [-0.2, -0.15) is 0 Å². The molecule has 1 fully saturated rings. The van der Waals surface area contributed by atoms with Crippen molar-refractivity contribution in [2.75, 3.05) is 0 Å². The summed E-state index contributed by atoms with van der Waals surface area (Å²) in [7, 11) is 0. The minimum absolute atomic E-state index is 0.0372. The molecule has 0 aliphatic heterocycles. The molecule has 0 bridgehead atoms. The van der Waals surface area contributed by atoms with Crippen molar-refractivity contribution in [3.8, 4) is 0 Å². The van der Waals surface area contributed by atoms with Gasteiger partial charge in [0.1, 0.15) is 0 Å². The fourth-order valence-electron chi connectivity index (χ4n) is 2.52. The molecule has 98 valence electrons. The van der Waals surface area contributed by atoms with Gasteiger partial charge in [0.15, 0.2) is 0 Å². The number of thiocarbonyl (C=S) groups is 1. The summed E-state index contributed by atoms with van der Waals surface area (Å²) in [6.45, 7) is 12.4. The summed E-state index contributed by atoms with van der Waals surface area (Å²) in [6.07, 6.45) is 0.710. The van der Waals surface area contributed by atoms with Gasteiger partial charge in [-0.25, -0.2) is 0 Å². The first kappa shape index (κ1) is 14.4. The Balaban J connectivity index is 2.79. The molecule has 0 radical (unpaired) electrons. The molecule has 1 rings (SSSR count). The Morgan fingerprint density at radius 2 is 1.76 bits per heavy atom. The minimum Gasteiger partial charge on any atom is -0.391 e. The summed E-state index contributed by atoms with van der Waals surface area (Å²) in [5.74, 6) is 0.104. The van der Waals surface area contributed by atoms with E-state index in [1.54, 1.807) is 0 Å². The van der Waals surface area contributed by atoms with E-state index in [0.717, 1.165) is 0 Å². The molecule has 1 aliphatic carbocycles. The molecular formula is C13H24N2OS. The van der Waals surface area contributed by atoms with Crippen LogP contribution in [0.1, 0.15) is 48.0 Å². The Hall–Kier alpha value is -0.640. The highest BCUT2D eigenvalue weighted by Crippen LogP contribution is 2.68. The Morgan fingerprint density at radius 3 is 2.00 bits per heavy atom. The maximum absolute atomic E-state index is 12.3. The van der Waals surface area contributed by atoms with Gasteiger partial charge in [0, 0.05) is 5.92 Å². The molecular weight excluding hydrogens is 232 g/mol. The standard InChI is InChI=1S/C13H24N2OS/c1-7-13(6,10(14)17)15-9(16)8-11(2,3)12(8,4)5/h8H,7H2,1-6H3,(H2,14,17)(H,15,16). The molecule has 1 aliphatic rings. The SMILES string of the molecule is CCC(C)(NC(=O)C1C(C)(C)C1(C)C)C(N)=S. The number of carbonyl (C=O) groups is 1. The monoisotopic (exact) mass is 256 g/mol. The van der Waals surface area contributed by atoms with E-state index >= 15 is 0 Å². The van der Waals surface area contributed by atoms with Gasteiger partial charge in [0.05, 0.1) is 10.5 Å². The lowest BCUT2D eigenvalue weighted by molar-refractivity contribution is -0.124. The van der Waals surface area contributed by atoms with Gasteiger partial charge in [-0.3, -0.25) is 4.79 Å². The van der Waals surface area contributed by atoms with Crippen molar-refractivity contribution in [2.24, 2.45) is 22.5 Å².